The molecule has 1 N–H and O–H groups in total. The molecule has 0 aromatic rings. The maximum atomic E-state index is 10.2. The Labute approximate surface area is 53.2 Å². The van der Waals surface area contributed by atoms with E-state index in [0.717, 1.165) is 0 Å². The lowest BCUT2D eigenvalue weighted by Gasteiger charge is -2.16. The van der Waals surface area contributed by atoms with E-state index in [1.807, 2.05) is 0 Å². The summed E-state index contributed by atoms with van der Waals surface area (Å²) < 4.78 is 0. The molecule has 1 aliphatic rings. The Morgan fingerprint density at radius 2 is 2.33 bits per heavy atom. The van der Waals surface area contributed by atoms with Gasteiger partial charge in [-0.15, -0.1) is 0 Å². The Kier molecular flexibility index (Phi) is 2.02. The van der Waals surface area contributed by atoms with E-state index in [4.69, 9.17) is 5.11 Å². The molecule has 1 saturated heterocycles. The van der Waals surface area contributed by atoms with Gasteiger partial charge in [-0.2, -0.15) is 0 Å². The van der Waals surface area contributed by atoms with Crippen LogP contribution >= 0.6 is 0 Å². The van der Waals surface area contributed by atoms with Crippen molar-refractivity contribution in [2.45, 2.75) is 6.04 Å². The third kappa shape index (κ3) is 1.65. The fourth-order valence-corrected chi connectivity index (χ4v) is 0.712. The molecule has 1 rings (SSSR count). The first-order valence-corrected chi connectivity index (χ1v) is 2.83. The quantitative estimate of drug-likeness (QED) is 0.475. The molecule has 0 aliphatic carbocycles. The van der Waals surface area contributed by atoms with Gasteiger partial charge in [0, 0.05) is 19.6 Å². The molecule has 1 heterocycles. The van der Waals surface area contributed by atoms with Crippen LogP contribution in [0.15, 0.2) is 0 Å². The van der Waals surface area contributed by atoms with E-state index in [2.05, 4.69) is 10.6 Å². The zero-order chi connectivity index (χ0) is 6.69. The lowest BCUT2D eigenvalue weighted by Crippen LogP contribution is -2.45. The molecule has 9 heavy (non-hydrogen) atoms. The van der Waals surface area contributed by atoms with Crippen molar-refractivity contribution in [3.63, 3.8) is 0 Å². The predicted molar refractivity (Wildman–Crippen MR) is 30.3 cm³/mol. The van der Waals surface area contributed by atoms with E-state index in [1.165, 1.54) is 0 Å². The second kappa shape index (κ2) is 2.80. The molecule has 0 spiro atoms. The van der Waals surface area contributed by atoms with Crippen molar-refractivity contribution in [2.75, 3.05) is 19.6 Å². The number of hydrogen-bond donors (Lipinski definition) is 1. The van der Waals surface area contributed by atoms with Crippen LogP contribution in [0.4, 0.5) is 0 Å². The molecular formula is C5H8N2O2. The number of piperazine rings is 1. The van der Waals surface area contributed by atoms with Gasteiger partial charge in [0.2, 0.25) is 0 Å². The Morgan fingerprint density at radius 1 is 1.56 bits per heavy atom. The van der Waals surface area contributed by atoms with E-state index in [-0.39, 0.29) is 0 Å². The smallest absolute Gasteiger partial charge is 0.323 e. The Hall–Kier alpha value is -0.610. The molecule has 4 nitrogen and oxygen atoms in total. The molecule has 0 bridgehead atoms. The van der Waals surface area contributed by atoms with Crippen molar-refractivity contribution < 1.29 is 9.90 Å². The van der Waals surface area contributed by atoms with Gasteiger partial charge in [0.15, 0.2) is 0 Å². The Bertz CT molecular complexity index is 110. The number of nitrogens with zero attached hydrogens (tertiary/aromatic N) is 2. The van der Waals surface area contributed by atoms with Crippen molar-refractivity contribution in [1.29, 1.82) is 0 Å². The summed E-state index contributed by atoms with van der Waals surface area (Å²) in [6, 6.07) is -0.571. The number of hydrogen-bond acceptors (Lipinski definition) is 1. The minimum absolute atomic E-state index is 0.356. The van der Waals surface area contributed by atoms with Gasteiger partial charge < -0.3 is 5.11 Å². The van der Waals surface area contributed by atoms with E-state index >= 15 is 0 Å². The largest absolute Gasteiger partial charge is 0.480 e. The van der Waals surface area contributed by atoms with Gasteiger partial charge in [-0.3, -0.25) is 4.79 Å². The number of aliphatic carboxylic acids is 1. The van der Waals surface area contributed by atoms with Crippen LogP contribution < -0.4 is 10.6 Å². The number of rotatable bonds is 1. The van der Waals surface area contributed by atoms with Gasteiger partial charge in [0.25, 0.3) is 0 Å². The average Bonchev–Trinajstić information content (AvgIpc) is 1.90. The number of carbonyl (C=O) groups is 1. The average molecular weight is 128 g/mol. The van der Waals surface area contributed by atoms with Crippen LogP contribution in [0.3, 0.4) is 0 Å². The van der Waals surface area contributed by atoms with Crippen molar-refractivity contribution in [1.82, 2.24) is 10.6 Å². The van der Waals surface area contributed by atoms with Gasteiger partial charge in [0.05, 0.1) is 0 Å². The molecule has 2 radical (unpaired) electrons. The first-order chi connectivity index (χ1) is 4.30. The van der Waals surface area contributed by atoms with Crippen molar-refractivity contribution in [3.05, 3.63) is 0 Å². The number of carboxylic acid groups (broad SMARTS) is 1. The van der Waals surface area contributed by atoms with Crippen LogP contribution in [-0.4, -0.2) is 36.8 Å². The molecule has 0 aromatic heterocycles. The monoisotopic (exact) mass is 128 g/mol. The first kappa shape index (κ1) is 6.51. The maximum absolute atomic E-state index is 10.2. The molecule has 50 valence electrons. The van der Waals surface area contributed by atoms with Crippen molar-refractivity contribution in [3.8, 4) is 0 Å². The third-order valence-corrected chi connectivity index (χ3v) is 1.19. The molecule has 1 fully saturated rings. The van der Waals surface area contributed by atoms with Crippen molar-refractivity contribution >= 4 is 5.97 Å². The first-order valence-electron chi connectivity index (χ1n) is 2.83. The number of carboxylic acids is 1. The third-order valence-electron chi connectivity index (χ3n) is 1.19. The summed E-state index contributed by atoms with van der Waals surface area (Å²) >= 11 is 0. The predicted octanol–water partition coefficient (Wildman–Crippen LogP) is -1.34. The minimum Gasteiger partial charge on any atom is -0.480 e. The highest BCUT2D eigenvalue weighted by Gasteiger charge is 2.20. The van der Waals surface area contributed by atoms with Gasteiger partial charge in [-0.25, -0.2) is 10.6 Å². The van der Waals surface area contributed by atoms with Crippen LogP contribution in [-0.2, 0) is 4.79 Å². The fourth-order valence-electron chi connectivity index (χ4n) is 0.712. The molecule has 1 atom stereocenters. The minimum atomic E-state index is -0.863. The normalized spacial score (nSPS) is 27.8. The van der Waals surface area contributed by atoms with Gasteiger partial charge >= 0.3 is 5.97 Å². The lowest BCUT2D eigenvalue weighted by atomic mass is 10.2. The van der Waals surface area contributed by atoms with Crippen LogP contribution in [0.5, 0.6) is 0 Å². The highest BCUT2D eigenvalue weighted by Crippen LogP contribution is 1.89. The summed E-state index contributed by atoms with van der Waals surface area (Å²) in [5.74, 6) is -0.863. The fraction of sp³-hybridized carbons (Fsp3) is 0.800. The van der Waals surface area contributed by atoms with Crippen molar-refractivity contribution in [2.24, 2.45) is 0 Å². The SMILES string of the molecule is O=C(O)C1C[N]CC[N]1. The zero-order valence-electron chi connectivity index (χ0n) is 4.95. The maximum Gasteiger partial charge on any atom is 0.323 e. The van der Waals surface area contributed by atoms with E-state index < -0.39 is 12.0 Å². The van der Waals surface area contributed by atoms with Crippen LogP contribution in [0.25, 0.3) is 0 Å². The van der Waals surface area contributed by atoms with E-state index in [0.29, 0.717) is 19.6 Å². The van der Waals surface area contributed by atoms with E-state index in [9.17, 15) is 4.79 Å². The molecular weight excluding hydrogens is 120 g/mol. The second-order valence-corrected chi connectivity index (χ2v) is 1.89. The molecule has 4 heteroatoms. The summed E-state index contributed by atoms with van der Waals surface area (Å²) in [6.45, 7) is 1.61. The molecule has 0 amide bonds. The summed E-state index contributed by atoms with van der Waals surface area (Å²) in [6.07, 6.45) is 0. The van der Waals surface area contributed by atoms with Crippen LogP contribution in [0.1, 0.15) is 0 Å². The van der Waals surface area contributed by atoms with Gasteiger partial charge in [0.1, 0.15) is 6.04 Å². The highest BCUT2D eigenvalue weighted by molar-refractivity contribution is 5.73. The van der Waals surface area contributed by atoms with Gasteiger partial charge in [-0.1, -0.05) is 0 Å². The molecule has 1 aliphatic heterocycles. The second-order valence-electron chi connectivity index (χ2n) is 1.89. The molecule has 1 unspecified atom stereocenters. The standard InChI is InChI=1S/C5H8N2O2/c8-5(9)4-3-6-1-2-7-4/h4H,1-3H2,(H,8,9). The molecule has 0 saturated carbocycles. The van der Waals surface area contributed by atoms with Crippen LogP contribution in [0.2, 0.25) is 0 Å². The van der Waals surface area contributed by atoms with E-state index in [1.54, 1.807) is 0 Å². The summed E-state index contributed by atoms with van der Waals surface area (Å²) in [7, 11) is 0. The topological polar surface area (TPSA) is 65.5 Å². The van der Waals surface area contributed by atoms with Gasteiger partial charge in [-0.05, 0) is 0 Å². The van der Waals surface area contributed by atoms with Crippen LogP contribution in [0, 0.1) is 0 Å². The summed E-state index contributed by atoms with van der Waals surface area (Å²) in [5.41, 5.74) is 0. The summed E-state index contributed by atoms with van der Waals surface area (Å²) in [4.78, 5) is 10.2. The Balaban J connectivity index is 2.31. The molecule has 0 aromatic carbocycles. The lowest BCUT2D eigenvalue weighted by molar-refractivity contribution is -0.139. The summed E-state index contributed by atoms with van der Waals surface area (Å²) in [5, 5.41) is 16.1. The zero-order valence-corrected chi connectivity index (χ0v) is 4.95. The Morgan fingerprint density at radius 3 is 2.67 bits per heavy atom. The highest BCUT2D eigenvalue weighted by atomic mass is 16.4.